The average Bonchev–Trinajstić information content (AvgIpc) is 2.97. The van der Waals surface area contributed by atoms with Gasteiger partial charge in [0, 0.05) is 38.0 Å². The van der Waals surface area contributed by atoms with Crippen LogP contribution in [-0.4, -0.2) is 59.4 Å². The second-order valence-corrected chi connectivity index (χ2v) is 6.40. The van der Waals surface area contributed by atoms with Crippen LogP contribution in [-0.2, 0) is 20.9 Å². The second-order valence-electron chi connectivity index (χ2n) is 5.35. The highest BCUT2D eigenvalue weighted by Gasteiger charge is 2.22. The van der Waals surface area contributed by atoms with Crippen molar-refractivity contribution in [3.05, 3.63) is 35.6 Å². The number of hydrogen-bond acceptors (Lipinski definition) is 5. The van der Waals surface area contributed by atoms with Crippen LogP contribution in [0.1, 0.15) is 12.0 Å². The molecule has 0 aliphatic carbocycles. The van der Waals surface area contributed by atoms with Crippen LogP contribution in [0.15, 0.2) is 24.3 Å². The van der Waals surface area contributed by atoms with E-state index in [4.69, 9.17) is 4.74 Å². The van der Waals surface area contributed by atoms with E-state index in [1.54, 1.807) is 23.1 Å². The lowest BCUT2D eigenvalue weighted by atomic mass is 10.2. The molecule has 8 heteroatoms. The lowest BCUT2D eigenvalue weighted by Crippen LogP contribution is -2.32. The Hall–Kier alpha value is -2.09. The molecule has 130 valence electrons. The summed E-state index contributed by atoms with van der Waals surface area (Å²) in [6.07, 6.45) is 0.0522. The highest BCUT2D eigenvalue weighted by atomic mass is 32.2. The molecule has 0 unspecified atom stereocenters. The standard InChI is InChI=1S/C16H19FN2O4S/c1-18(10-12-4-2-3-5-13(12)17)14(20)11-23-15(21)6-7-19-8-9-24-16(19)22/h2-5H,6-11H2,1H3. The molecular formula is C16H19FN2O4S. The zero-order chi connectivity index (χ0) is 17.5. The minimum atomic E-state index is -0.535. The third-order valence-electron chi connectivity index (χ3n) is 3.58. The molecule has 1 fully saturated rings. The maximum atomic E-state index is 13.6. The van der Waals surface area contributed by atoms with Crippen molar-refractivity contribution in [3.8, 4) is 0 Å². The van der Waals surface area contributed by atoms with Crippen molar-refractivity contribution in [1.82, 2.24) is 9.80 Å². The molecule has 6 nitrogen and oxygen atoms in total. The molecule has 1 aromatic rings. The van der Waals surface area contributed by atoms with Crippen LogP contribution in [0.4, 0.5) is 9.18 Å². The Balaban J connectivity index is 1.70. The monoisotopic (exact) mass is 354 g/mol. The zero-order valence-corrected chi connectivity index (χ0v) is 14.2. The Kier molecular flexibility index (Phi) is 6.60. The topological polar surface area (TPSA) is 66.9 Å². The fourth-order valence-electron chi connectivity index (χ4n) is 2.15. The zero-order valence-electron chi connectivity index (χ0n) is 13.4. The van der Waals surface area contributed by atoms with Gasteiger partial charge in [-0.15, -0.1) is 0 Å². The minimum absolute atomic E-state index is 0.0384. The van der Waals surface area contributed by atoms with Crippen LogP contribution >= 0.6 is 11.8 Å². The Morgan fingerprint density at radius 1 is 1.38 bits per heavy atom. The molecule has 1 aliphatic heterocycles. The molecule has 2 rings (SSSR count). The molecule has 1 aromatic carbocycles. The molecule has 0 atom stereocenters. The summed E-state index contributed by atoms with van der Waals surface area (Å²) in [5.41, 5.74) is 0.393. The highest BCUT2D eigenvalue weighted by molar-refractivity contribution is 8.13. The Bertz CT molecular complexity index is 626. The van der Waals surface area contributed by atoms with Gasteiger partial charge in [0.15, 0.2) is 6.61 Å². The first-order chi connectivity index (χ1) is 11.5. The number of likely N-dealkylation sites (N-methyl/N-ethyl adjacent to an activating group) is 1. The number of halogens is 1. The smallest absolute Gasteiger partial charge is 0.308 e. The maximum Gasteiger partial charge on any atom is 0.308 e. The number of amides is 2. The third kappa shape index (κ3) is 5.23. The van der Waals surface area contributed by atoms with E-state index in [9.17, 15) is 18.8 Å². The van der Waals surface area contributed by atoms with Crippen molar-refractivity contribution in [3.63, 3.8) is 0 Å². The highest BCUT2D eigenvalue weighted by Crippen LogP contribution is 2.17. The molecule has 0 saturated carbocycles. The number of carbonyl (C=O) groups is 3. The van der Waals surface area contributed by atoms with E-state index in [2.05, 4.69) is 0 Å². The predicted octanol–water partition coefficient (Wildman–Crippen LogP) is 1.89. The molecule has 1 aliphatic rings. The van der Waals surface area contributed by atoms with E-state index in [-0.39, 0.29) is 24.0 Å². The molecule has 0 N–H and O–H groups in total. The van der Waals surface area contributed by atoms with Crippen molar-refractivity contribution in [2.75, 3.05) is 32.5 Å². The van der Waals surface area contributed by atoms with Gasteiger partial charge >= 0.3 is 5.97 Å². The van der Waals surface area contributed by atoms with Gasteiger partial charge in [-0.1, -0.05) is 30.0 Å². The molecule has 0 aromatic heterocycles. The largest absolute Gasteiger partial charge is 0.456 e. The van der Waals surface area contributed by atoms with Gasteiger partial charge in [0.25, 0.3) is 11.1 Å². The van der Waals surface area contributed by atoms with Crippen LogP contribution in [0.2, 0.25) is 0 Å². The van der Waals surface area contributed by atoms with E-state index >= 15 is 0 Å². The summed E-state index contributed by atoms with van der Waals surface area (Å²) in [5, 5.41) is -0.0384. The average molecular weight is 354 g/mol. The number of benzene rings is 1. The van der Waals surface area contributed by atoms with Crippen molar-refractivity contribution in [1.29, 1.82) is 0 Å². The molecule has 24 heavy (non-hydrogen) atoms. The van der Waals surface area contributed by atoms with Gasteiger partial charge in [-0.05, 0) is 6.07 Å². The van der Waals surface area contributed by atoms with Gasteiger partial charge in [0.2, 0.25) is 0 Å². The third-order valence-corrected chi connectivity index (χ3v) is 4.47. The molecule has 0 radical (unpaired) electrons. The first-order valence-electron chi connectivity index (χ1n) is 7.52. The van der Waals surface area contributed by atoms with Gasteiger partial charge in [-0.25, -0.2) is 4.39 Å². The molecular weight excluding hydrogens is 335 g/mol. The Labute approximate surface area is 143 Å². The van der Waals surface area contributed by atoms with E-state index in [0.29, 0.717) is 18.7 Å². The lowest BCUT2D eigenvalue weighted by molar-refractivity contribution is -0.151. The first kappa shape index (κ1) is 18.3. The number of esters is 1. The van der Waals surface area contributed by atoms with E-state index < -0.39 is 18.5 Å². The van der Waals surface area contributed by atoms with Crippen LogP contribution < -0.4 is 0 Å². The lowest BCUT2D eigenvalue weighted by Gasteiger charge is -2.18. The maximum absolute atomic E-state index is 13.6. The minimum Gasteiger partial charge on any atom is -0.456 e. The van der Waals surface area contributed by atoms with Gasteiger partial charge in [0.05, 0.1) is 6.42 Å². The first-order valence-corrected chi connectivity index (χ1v) is 8.50. The quantitative estimate of drug-likeness (QED) is 0.700. The Morgan fingerprint density at radius 2 is 2.12 bits per heavy atom. The fourth-order valence-corrected chi connectivity index (χ4v) is 3.00. The van der Waals surface area contributed by atoms with Crippen LogP contribution in [0.3, 0.4) is 0 Å². The van der Waals surface area contributed by atoms with E-state index in [1.165, 1.54) is 29.8 Å². The summed E-state index contributed by atoms with van der Waals surface area (Å²) in [4.78, 5) is 37.9. The van der Waals surface area contributed by atoms with Crippen LogP contribution in [0, 0.1) is 5.82 Å². The van der Waals surface area contributed by atoms with Crippen LogP contribution in [0.25, 0.3) is 0 Å². The number of carbonyl (C=O) groups excluding carboxylic acids is 3. The molecule has 0 bridgehead atoms. The molecule has 0 spiro atoms. The van der Waals surface area contributed by atoms with Crippen molar-refractivity contribution >= 4 is 28.9 Å². The number of nitrogens with zero attached hydrogens (tertiary/aromatic N) is 2. The van der Waals surface area contributed by atoms with Crippen molar-refractivity contribution in [2.45, 2.75) is 13.0 Å². The SMILES string of the molecule is CN(Cc1ccccc1F)C(=O)COC(=O)CCN1CCSC1=O. The van der Waals surface area contributed by atoms with Gasteiger partial charge < -0.3 is 14.5 Å². The van der Waals surface area contributed by atoms with E-state index in [0.717, 1.165) is 5.75 Å². The molecule has 2 amide bonds. The number of ether oxygens (including phenoxy) is 1. The molecule has 1 heterocycles. The normalized spacial score (nSPS) is 13.9. The summed E-state index contributed by atoms with van der Waals surface area (Å²) in [6.45, 7) is 0.625. The predicted molar refractivity (Wildman–Crippen MR) is 87.9 cm³/mol. The number of rotatable bonds is 7. The Morgan fingerprint density at radius 3 is 2.79 bits per heavy atom. The second kappa shape index (κ2) is 8.68. The van der Waals surface area contributed by atoms with Gasteiger partial charge in [-0.2, -0.15) is 0 Å². The van der Waals surface area contributed by atoms with Crippen LogP contribution in [0.5, 0.6) is 0 Å². The van der Waals surface area contributed by atoms with Crippen molar-refractivity contribution in [2.24, 2.45) is 0 Å². The van der Waals surface area contributed by atoms with Gasteiger partial charge in [0.1, 0.15) is 5.82 Å². The summed E-state index contributed by atoms with van der Waals surface area (Å²) < 4.78 is 18.5. The fraction of sp³-hybridized carbons (Fsp3) is 0.438. The summed E-state index contributed by atoms with van der Waals surface area (Å²) >= 11 is 1.22. The molecule has 1 saturated heterocycles. The van der Waals surface area contributed by atoms with Gasteiger partial charge in [-0.3, -0.25) is 14.4 Å². The summed E-state index contributed by atoms with van der Waals surface area (Å²) in [7, 11) is 1.52. The summed E-state index contributed by atoms with van der Waals surface area (Å²) in [5.74, 6) is -0.609. The number of hydrogen-bond donors (Lipinski definition) is 0. The van der Waals surface area contributed by atoms with E-state index in [1.807, 2.05) is 0 Å². The summed E-state index contributed by atoms with van der Waals surface area (Å²) in [6, 6.07) is 6.18. The van der Waals surface area contributed by atoms with Crippen molar-refractivity contribution < 1.29 is 23.5 Å². The number of thioether (sulfide) groups is 1.